The fourth-order valence-electron chi connectivity index (χ4n) is 1.35. The minimum absolute atomic E-state index is 0.298. The quantitative estimate of drug-likeness (QED) is 0.353. The Kier molecular flexibility index (Phi) is 8.25. The Labute approximate surface area is 111 Å². The summed E-state index contributed by atoms with van der Waals surface area (Å²) in [7, 11) is -1.82. The number of methoxy groups -OCH3 is 1. The van der Waals surface area contributed by atoms with E-state index in [9.17, 15) is 4.57 Å². The summed E-state index contributed by atoms with van der Waals surface area (Å²) in [6.07, 6.45) is 1.54. The van der Waals surface area contributed by atoms with Crippen LogP contribution in [-0.4, -0.2) is 20.3 Å². The lowest BCUT2D eigenvalue weighted by molar-refractivity contribution is 0.206. The molecule has 5 heteroatoms. The summed E-state index contributed by atoms with van der Waals surface area (Å²) < 4.78 is 28.7. The summed E-state index contributed by atoms with van der Waals surface area (Å²) in [4.78, 5) is 0. The molecule has 0 aliphatic heterocycles. The maximum Gasteiger partial charge on any atom is 0.364 e. The van der Waals surface area contributed by atoms with Crippen molar-refractivity contribution in [3.05, 3.63) is 23.2 Å². The average molecular weight is 276 g/mol. The Morgan fingerprint density at radius 2 is 1.56 bits per heavy atom. The van der Waals surface area contributed by atoms with Crippen LogP contribution in [0.1, 0.15) is 40.5 Å². The Balaban J connectivity index is 5.12. The molecular weight excluding hydrogens is 251 g/mol. The fraction of sp³-hybridized carbons (Fsp3) is 0.692. The number of ether oxygens (including phenoxy) is 1. The molecule has 0 amide bonds. The van der Waals surface area contributed by atoms with E-state index >= 15 is 0 Å². The van der Waals surface area contributed by atoms with Crippen molar-refractivity contribution in [1.29, 1.82) is 0 Å². The maximum atomic E-state index is 12.7. The number of hydrogen-bond acceptors (Lipinski definition) is 4. The molecular formula is C13H25O4P. The van der Waals surface area contributed by atoms with Crippen LogP contribution < -0.4 is 0 Å². The third kappa shape index (κ3) is 4.97. The minimum Gasteiger partial charge on any atom is -0.496 e. The van der Waals surface area contributed by atoms with E-state index in [1.54, 1.807) is 0 Å². The first kappa shape index (κ1) is 17.4. The fourth-order valence-corrected chi connectivity index (χ4v) is 3.15. The van der Waals surface area contributed by atoms with Gasteiger partial charge in [-0.05, 0) is 32.3 Å². The molecule has 0 N–H and O–H groups in total. The van der Waals surface area contributed by atoms with Gasteiger partial charge in [0.2, 0.25) is 0 Å². The molecule has 18 heavy (non-hydrogen) atoms. The topological polar surface area (TPSA) is 44.8 Å². The normalized spacial score (nSPS) is 11.2. The molecule has 0 aliphatic carbocycles. The summed E-state index contributed by atoms with van der Waals surface area (Å²) in [6, 6.07) is 0. The molecule has 0 rings (SSSR count). The Bertz CT molecular complexity index is 331. The summed E-state index contributed by atoms with van der Waals surface area (Å²) in [5.74, 6) is 0.491. The molecule has 0 radical (unpaired) electrons. The highest BCUT2D eigenvalue weighted by molar-refractivity contribution is 7.58. The molecule has 106 valence electrons. The molecule has 0 bridgehead atoms. The van der Waals surface area contributed by atoms with Gasteiger partial charge in [-0.15, -0.1) is 0 Å². The third-order valence-corrected chi connectivity index (χ3v) is 4.09. The van der Waals surface area contributed by atoms with Crippen LogP contribution in [0.3, 0.4) is 0 Å². The van der Waals surface area contributed by atoms with Crippen molar-refractivity contribution in [2.45, 2.75) is 40.5 Å². The minimum atomic E-state index is -3.35. The standard InChI is InChI=1S/C13H25O4P/c1-7-9-16-18(14,17-10-8-2)12(5)13(15-6)11(3)4/h5,7-10H2,1-4,6H3. The lowest BCUT2D eigenvalue weighted by Gasteiger charge is -2.22. The first-order valence-electron chi connectivity index (χ1n) is 6.23. The van der Waals surface area contributed by atoms with Crippen LogP contribution in [0, 0.1) is 0 Å². The summed E-state index contributed by atoms with van der Waals surface area (Å²) in [5, 5.41) is 0.298. The van der Waals surface area contributed by atoms with Crippen LogP contribution in [-0.2, 0) is 18.3 Å². The van der Waals surface area contributed by atoms with E-state index < -0.39 is 7.60 Å². The average Bonchev–Trinajstić information content (AvgIpc) is 2.34. The highest BCUT2D eigenvalue weighted by Gasteiger charge is 2.32. The van der Waals surface area contributed by atoms with Crippen LogP contribution in [0.15, 0.2) is 23.2 Å². The zero-order valence-corrected chi connectivity index (χ0v) is 13.0. The van der Waals surface area contributed by atoms with Gasteiger partial charge >= 0.3 is 7.60 Å². The van der Waals surface area contributed by atoms with Crippen molar-refractivity contribution in [2.75, 3.05) is 20.3 Å². The predicted octanol–water partition coefficient (Wildman–Crippen LogP) is 4.49. The molecule has 0 heterocycles. The van der Waals surface area contributed by atoms with Crippen LogP contribution in [0.5, 0.6) is 0 Å². The van der Waals surface area contributed by atoms with Gasteiger partial charge < -0.3 is 13.8 Å². The van der Waals surface area contributed by atoms with E-state index in [1.165, 1.54) is 7.11 Å². The van der Waals surface area contributed by atoms with Crippen molar-refractivity contribution in [2.24, 2.45) is 0 Å². The smallest absolute Gasteiger partial charge is 0.364 e. The molecule has 0 atom stereocenters. The zero-order valence-electron chi connectivity index (χ0n) is 12.1. The monoisotopic (exact) mass is 276 g/mol. The Morgan fingerprint density at radius 1 is 1.11 bits per heavy atom. The zero-order chi connectivity index (χ0) is 14.2. The maximum absolute atomic E-state index is 12.7. The van der Waals surface area contributed by atoms with Gasteiger partial charge in [0.1, 0.15) is 5.76 Å². The Hall–Kier alpha value is -0.570. The van der Waals surface area contributed by atoms with Gasteiger partial charge in [0.25, 0.3) is 0 Å². The van der Waals surface area contributed by atoms with Gasteiger partial charge in [0.05, 0.1) is 25.6 Å². The van der Waals surface area contributed by atoms with Crippen LogP contribution in [0.4, 0.5) is 0 Å². The van der Waals surface area contributed by atoms with E-state index in [-0.39, 0.29) is 0 Å². The van der Waals surface area contributed by atoms with Crippen LogP contribution in [0.2, 0.25) is 0 Å². The van der Waals surface area contributed by atoms with Gasteiger partial charge in [-0.2, -0.15) is 0 Å². The van der Waals surface area contributed by atoms with E-state index in [4.69, 9.17) is 13.8 Å². The molecule has 0 unspecified atom stereocenters. The number of rotatable bonds is 9. The van der Waals surface area contributed by atoms with Gasteiger partial charge in [0, 0.05) is 0 Å². The largest absolute Gasteiger partial charge is 0.496 e. The predicted molar refractivity (Wildman–Crippen MR) is 74.6 cm³/mol. The molecule has 0 saturated heterocycles. The third-order valence-electron chi connectivity index (χ3n) is 2.18. The van der Waals surface area contributed by atoms with Gasteiger partial charge in [-0.25, -0.2) is 0 Å². The lowest BCUT2D eigenvalue weighted by Crippen LogP contribution is -2.04. The summed E-state index contributed by atoms with van der Waals surface area (Å²) in [5.41, 5.74) is 0.892. The molecule has 0 fully saturated rings. The van der Waals surface area contributed by atoms with Crippen LogP contribution >= 0.6 is 7.60 Å². The van der Waals surface area contributed by atoms with Gasteiger partial charge in [-0.1, -0.05) is 20.4 Å². The van der Waals surface area contributed by atoms with E-state index in [1.807, 2.05) is 27.7 Å². The lowest BCUT2D eigenvalue weighted by atomic mass is 10.3. The molecule has 0 aromatic heterocycles. The molecule has 0 aliphatic rings. The second kappa shape index (κ2) is 8.52. The number of allylic oxidation sites excluding steroid dienone is 2. The molecule has 0 aromatic rings. The SMILES string of the molecule is C=C(C(OC)=C(C)C)P(=O)(OCCC)OCCC. The van der Waals surface area contributed by atoms with Crippen molar-refractivity contribution in [3.8, 4) is 0 Å². The first-order valence-corrected chi connectivity index (χ1v) is 7.77. The molecule has 0 spiro atoms. The summed E-state index contributed by atoms with van der Waals surface area (Å²) >= 11 is 0. The Morgan fingerprint density at radius 3 is 1.83 bits per heavy atom. The van der Waals surface area contributed by atoms with Crippen molar-refractivity contribution >= 4 is 7.60 Å². The first-order chi connectivity index (χ1) is 8.42. The van der Waals surface area contributed by atoms with Gasteiger partial charge in [-0.3, -0.25) is 4.57 Å². The second-order valence-electron chi connectivity index (χ2n) is 4.14. The van der Waals surface area contributed by atoms with E-state index in [0.717, 1.165) is 18.4 Å². The van der Waals surface area contributed by atoms with Crippen molar-refractivity contribution in [3.63, 3.8) is 0 Å². The van der Waals surface area contributed by atoms with Crippen molar-refractivity contribution < 1.29 is 18.3 Å². The van der Waals surface area contributed by atoms with E-state index in [2.05, 4.69) is 6.58 Å². The summed E-state index contributed by atoms with van der Waals surface area (Å²) in [6.45, 7) is 12.2. The van der Waals surface area contributed by atoms with Gasteiger partial charge in [0.15, 0.2) is 0 Å². The molecule has 0 saturated carbocycles. The molecule has 0 aromatic carbocycles. The van der Waals surface area contributed by atoms with Crippen LogP contribution in [0.25, 0.3) is 0 Å². The highest BCUT2D eigenvalue weighted by Crippen LogP contribution is 2.58. The van der Waals surface area contributed by atoms with Crippen molar-refractivity contribution in [1.82, 2.24) is 0 Å². The molecule has 4 nitrogen and oxygen atoms in total. The number of hydrogen-bond donors (Lipinski definition) is 0. The van der Waals surface area contributed by atoms with E-state index in [0.29, 0.717) is 24.3 Å². The highest BCUT2D eigenvalue weighted by atomic mass is 31.2. The second-order valence-corrected chi connectivity index (χ2v) is 6.20.